The van der Waals surface area contributed by atoms with Crippen molar-refractivity contribution in [1.29, 1.82) is 0 Å². The average molecular weight is 444 g/mol. The predicted molar refractivity (Wildman–Crippen MR) is 124 cm³/mol. The van der Waals surface area contributed by atoms with Crippen LogP contribution in [0.3, 0.4) is 0 Å². The molecule has 2 rings (SSSR count). The standard InChI is InChI=1S/C23H29N3O4S/c1-4-5-8-14-29-19-13-7-6-12-18(19)22(28)24-23(31)26-25-20(27)15-30-21-16(2)10-9-11-17(21)3/h6-7,9-13H,4-5,8,14-15H2,1-3H3,(H,25,27)(H2,24,26,28,31). The first-order valence-corrected chi connectivity index (χ1v) is 10.6. The number of hydrazine groups is 1. The second kappa shape index (κ2) is 12.5. The third-order valence-corrected chi connectivity index (χ3v) is 4.64. The number of thiocarbonyl (C=S) groups is 1. The van der Waals surface area contributed by atoms with E-state index in [1.807, 2.05) is 32.0 Å². The summed E-state index contributed by atoms with van der Waals surface area (Å²) >= 11 is 5.09. The molecular weight excluding hydrogens is 414 g/mol. The molecule has 8 heteroatoms. The van der Waals surface area contributed by atoms with Crippen LogP contribution in [-0.2, 0) is 4.79 Å². The molecule has 7 nitrogen and oxygen atoms in total. The van der Waals surface area contributed by atoms with Crippen LogP contribution < -0.4 is 25.6 Å². The van der Waals surface area contributed by atoms with Gasteiger partial charge in [-0.15, -0.1) is 0 Å². The number of carbonyl (C=O) groups excluding carboxylic acids is 2. The number of ether oxygens (including phenoxy) is 2. The SMILES string of the molecule is CCCCCOc1ccccc1C(=O)NC(=S)NNC(=O)COc1c(C)cccc1C. The molecule has 0 unspecified atom stereocenters. The Kier molecular flexibility index (Phi) is 9.77. The lowest BCUT2D eigenvalue weighted by Crippen LogP contribution is -2.49. The molecule has 0 saturated heterocycles. The highest BCUT2D eigenvalue weighted by atomic mass is 32.1. The number of hydrogen-bond acceptors (Lipinski definition) is 5. The van der Waals surface area contributed by atoms with Gasteiger partial charge in [0, 0.05) is 0 Å². The Morgan fingerprint density at radius 2 is 1.65 bits per heavy atom. The van der Waals surface area contributed by atoms with Crippen molar-refractivity contribution in [3.8, 4) is 11.5 Å². The summed E-state index contributed by atoms with van der Waals surface area (Å²) in [5.41, 5.74) is 7.17. The minimum atomic E-state index is -0.432. The van der Waals surface area contributed by atoms with Crippen LogP contribution in [0.4, 0.5) is 0 Å². The van der Waals surface area contributed by atoms with E-state index in [1.165, 1.54) is 0 Å². The van der Waals surface area contributed by atoms with Gasteiger partial charge in [-0.3, -0.25) is 25.8 Å². The number of nitrogens with one attached hydrogen (secondary N) is 3. The Morgan fingerprint density at radius 3 is 2.35 bits per heavy atom. The maximum atomic E-state index is 12.5. The lowest BCUT2D eigenvalue weighted by molar-refractivity contribution is -0.123. The van der Waals surface area contributed by atoms with Crippen molar-refractivity contribution in [2.24, 2.45) is 0 Å². The number of unbranched alkanes of at least 4 members (excludes halogenated alkanes) is 2. The molecule has 0 aromatic heterocycles. The first-order chi connectivity index (χ1) is 14.9. The van der Waals surface area contributed by atoms with Gasteiger partial charge < -0.3 is 9.47 Å². The van der Waals surface area contributed by atoms with Crippen LogP contribution in [0.2, 0.25) is 0 Å². The zero-order chi connectivity index (χ0) is 22.6. The molecule has 2 amide bonds. The molecule has 0 aliphatic rings. The van der Waals surface area contributed by atoms with Crippen molar-refractivity contribution in [2.45, 2.75) is 40.0 Å². The first kappa shape index (κ1) is 24.1. The van der Waals surface area contributed by atoms with E-state index in [-0.39, 0.29) is 11.7 Å². The van der Waals surface area contributed by atoms with Gasteiger partial charge in [0.2, 0.25) is 0 Å². The number of rotatable bonds is 9. The van der Waals surface area contributed by atoms with E-state index in [9.17, 15) is 9.59 Å². The third kappa shape index (κ3) is 7.90. The zero-order valence-electron chi connectivity index (χ0n) is 18.1. The molecule has 3 N–H and O–H groups in total. The number of para-hydroxylation sites is 2. The van der Waals surface area contributed by atoms with Crippen LogP contribution in [0.25, 0.3) is 0 Å². The number of carbonyl (C=O) groups is 2. The molecule has 0 radical (unpaired) electrons. The van der Waals surface area contributed by atoms with E-state index in [4.69, 9.17) is 21.7 Å². The van der Waals surface area contributed by atoms with Gasteiger partial charge in [-0.1, -0.05) is 50.1 Å². The van der Waals surface area contributed by atoms with Crippen molar-refractivity contribution in [3.63, 3.8) is 0 Å². The highest BCUT2D eigenvalue weighted by molar-refractivity contribution is 7.80. The van der Waals surface area contributed by atoms with Crippen molar-refractivity contribution >= 4 is 29.1 Å². The van der Waals surface area contributed by atoms with Gasteiger partial charge in [0.05, 0.1) is 12.2 Å². The quantitative estimate of drug-likeness (QED) is 0.312. The summed E-state index contributed by atoms with van der Waals surface area (Å²) in [6, 6.07) is 12.7. The molecular formula is C23H29N3O4S. The monoisotopic (exact) mass is 443 g/mol. The number of aryl methyl sites for hydroxylation is 2. The maximum Gasteiger partial charge on any atom is 0.276 e. The molecule has 166 valence electrons. The fourth-order valence-electron chi connectivity index (χ4n) is 2.84. The van der Waals surface area contributed by atoms with Crippen LogP contribution in [0.15, 0.2) is 42.5 Å². The Labute approximate surface area is 188 Å². The summed E-state index contributed by atoms with van der Waals surface area (Å²) in [5, 5.41) is 2.50. The van der Waals surface area contributed by atoms with Crippen LogP contribution in [-0.4, -0.2) is 30.1 Å². The molecule has 0 saturated carbocycles. The van der Waals surface area contributed by atoms with Crippen LogP contribution in [0.5, 0.6) is 11.5 Å². The Hall–Kier alpha value is -3.13. The summed E-state index contributed by atoms with van der Waals surface area (Å²) in [4.78, 5) is 24.6. The van der Waals surface area contributed by atoms with E-state index in [1.54, 1.807) is 24.3 Å². The topological polar surface area (TPSA) is 88.7 Å². The minimum Gasteiger partial charge on any atom is -0.493 e. The number of benzene rings is 2. The lowest BCUT2D eigenvalue weighted by Gasteiger charge is -2.14. The molecule has 0 bridgehead atoms. The van der Waals surface area contributed by atoms with Gasteiger partial charge in [0.25, 0.3) is 11.8 Å². The smallest absolute Gasteiger partial charge is 0.276 e. The van der Waals surface area contributed by atoms with E-state index in [2.05, 4.69) is 23.1 Å². The zero-order valence-corrected chi connectivity index (χ0v) is 18.9. The van der Waals surface area contributed by atoms with Crippen molar-refractivity contribution in [2.75, 3.05) is 13.2 Å². The van der Waals surface area contributed by atoms with Crippen molar-refractivity contribution < 1.29 is 19.1 Å². The fourth-order valence-corrected chi connectivity index (χ4v) is 2.99. The molecule has 0 heterocycles. The summed E-state index contributed by atoms with van der Waals surface area (Å²) in [7, 11) is 0. The minimum absolute atomic E-state index is 0.0359. The van der Waals surface area contributed by atoms with Crippen LogP contribution in [0.1, 0.15) is 47.7 Å². The molecule has 0 fully saturated rings. The molecule has 0 aliphatic carbocycles. The van der Waals surface area contributed by atoms with Gasteiger partial charge >= 0.3 is 0 Å². The second-order valence-corrected chi connectivity index (χ2v) is 7.43. The number of hydrogen-bond donors (Lipinski definition) is 3. The van der Waals surface area contributed by atoms with E-state index >= 15 is 0 Å². The normalized spacial score (nSPS) is 10.2. The first-order valence-electron chi connectivity index (χ1n) is 10.2. The molecule has 0 aliphatic heterocycles. The van der Waals surface area contributed by atoms with Gasteiger partial charge in [0.1, 0.15) is 11.5 Å². The maximum absolute atomic E-state index is 12.5. The summed E-state index contributed by atoms with van der Waals surface area (Å²) < 4.78 is 11.3. The molecule has 31 heavy (non-hydrogen) atoms. The Morgan fingerprint density at radius 1 is 0.935 bits per heavy atom. The van der Waals surface area contributed by atoms with E-state index in [0.29, 0.717) is 23.7 Å². The molecule has 0 atom stereocenters. The highest BCUT2D eigenvalue weighted by Crippen LogP contribution is 2.22. The second-order valence-electron chi connectivity index (χ2n) is 7.02. The Bertz CT molecular complexity index is 897. The van der Waals surface area contributed by atoms with Crippen LogP contribution in [0, 0.1) is 13.8 Å². The summed E-state index contributed by atoms with van der Waals surface area (Å²) in [5.74, 6) is 0.303. The molecule has 2 aromatic carbocycles. The van der Waals surface area contributed by atoms with E-state index in [0.717, 1.165) is 30.4 Å². The Balaban J connectivity index is 1.80. The predicted octanol–water partition coefficient (Wildman–Crippen LogP) is 3.59. The average Bonchev–Trinajstić information content (AvgIpc) is 2.75. The number of amides is 2. The van der Waals surface area contributed by atoms with Crippen molar-refractivity contribution in [1.82, 2.24) is 16.2 Å². The summed E-state index contributed by atoms with van der Waals surface area (Å²) in [6.45, 7) is 6.29. The van der Waals surface area contributed by atoms with E-state index < -0.39 is 11.8 Å². The van der Waals surface area contributed by atoms with Gasteiger partial charge in [-0.05, 0) is 55.7 Å². The highest BCUT2D eigenvalue weighted by Gasteiger charge is 2.14. The van der Waals surface area contributed by atoms with Crippen molar-refractivity contribution in [3.05, 3.63) is 59.2 Å². The largest absolute Gasteiger partial charge is 0.493 e. The molecule has 2 aromatic rings. The third-order valence-electron chi connectivity index (χ3n) is 4.44. The van der Waals surface area contributed by atoms with Gasteiger partial charge in [-0.25, -0.2) is 0 Å². The molecule has 0 spiro atoms. The van der Waals surface area contributed by atoms with Gasteiger partial charge in [0.15, 0.2) is 11.7 Å². The van der Waals surface area contributed by atoms with Gasteiger partial charge in [-0.2, -0.15) is 0 Å². The fraction of sp³-hybridized carbons (Fsp3) is 0.348. The van der Waals surface area contributed by atoms with Crippen LogP contribution >= 0.6 is 12.2 Å². The summed E-state index contributed by atoms with van der Waals surface area (Å²) in [6.07, 6.45) is 3.07. The lowest BCUT2D eigenvalue weighted by atomic mass is 10.1.